The quantitative estimate of drug-likeness (QED) is 0.909. The van der Waals surface area contributed by atoms with Gasteiger partial charge in [-0.25, -0.2) is 0 Å². The number of hydrogen-bond donors (Lipinski definition) is 1. The predicted octanol–water partition coefficient (Wildman–Crippen LogP) is 3.20. The third kappa shape index (κ3) is 3.86. The van der Waals surface area contributed by atoms with Gasteiger partial charge in [0.25, 0.3) is 0 Å². The lowest BCUT2D eigenvalue weighted by Gasteiger charge is -2.35. The summed E-state index contributed by atoms with van der Waals surface area (Å²) in [7, 11) is 0. The number of hydrogen-bond acceptors (Lipinski definition) is 4. The first-order valence-electron chi connectivity index (χ1n) is 9.38. The molecule has 4 rings (SSSR count). The molecule has 2 unspecified atom stereocenters. The molecule has 1 aromatic carbocycles. The maximum atomic E-state index is 5.85. The molecule has 0 saturated carbocycles. The Kier molecular flexibility index (Phi) is 4.99. The summed E-state index contributed by atoms with van der Waals surface area (Å²) in [5, 5.41) is 3.87. The Labute approximate surface area is 150 Å². The van der Waals surface area contributed by atoms with Crippen LogP contribution in [-0.2, 0) is 6.54 Å². The van der Waals surface area contributed by atoms with Crippen LogP contribution in [0, 0.1) is 0 Å². The van der Waals surface area contributed by atoms with Crippen molar-refractivity contribution in [1.29, 1.82) is 0 Å². The van der Waals surface area contributed by atoms with Crippen LogP contribution in [0.15, 0.2) is 48.8 Å². The number of aromatic nitrogens is 1. The van der Waals surface area contributed by atoms with E-state index in [-0.39, 0.29) is 0 Å². The minimum atomic E-state index is 0.445. The van der Waals surface area contributed by atoms with E-state index in [9.17, 15) is 0 Å². The van der Waals surface area contributed by atoms with E-state index in [2.05, 4.69) is 58.5 Å². The summed E-state index contributed by atoms with van der Waals surface area (Å²) in [6, 6.07) is 13.7. The van der Waals surface area contributed by atoms with Crippen LogP contribution in [0.2, 0.25) is 0 Å². The van der Waals surface area contributed by atoms with Gasteiger partial charge in [0.1, 0.15) is 5.75 Å². The minimum Gasteiger partial charge on any atom is -0.493 e. The molecule has 2 aliphatic heterocycles. The number of benzene rings is 1. The summed E-state index contributed by atoms with van der Waals surface area (Å²) in [4.78, 5) is 6.65. The van der Waals surface area contributed by atoms with E-state index < -0.39 is 0 Å². The van der Waals surface area contributed by atoms with Gasteiger partial charge in [-0.1, -0.05) is 18.2 Å². The van der Waals surface area contributed by atoms with Gasteiger partial charge in [-0.2, -0.15) is 0 Å². The SMILES string of the molecule is CC(NC1CCN(Cc2ccncc2)CC1)C1COc2ccccc21. The summed E-state index contributed by atoms with van der Waals surface area (Å²) in [6.45, 7) is 6.46. The number of likely N-dealkylation sites (tertiary alicyclic amines) is 1. The van der Waals surface area contributed by atoms with Crippen LogP contribution >= 0.6 is 0 Å². The van der Waals surface area contributed by atoms with Gasteiger partial charge in [0.2, 0.25) is 0 Å². The fraction of sp³-hybridized carbons (Fsp3) is 0.476. The summed E-state index contributed by atoms with van der Waals surface area (Å²) in [5.74, 6) is 1.53. The maximum Gasteiger partial charge on any atom is 0.122 e. The van der Waals surface area contributed by atoms with Crippen LogP contribution in [0.5, 0.6) is 5.75 Å². The third-order valence-corrected chi connectivity index (χ3v) is 5.58. The van der Waals surface area contributed by atoms with Gasteiger partial charge in [0, 0.05) is 42.5 Å². The van der Waals surface area contributed by atoms with Gasteiger partial charge in [0.05, 0.1) is 6.61 Å². The highest BCUT2D eigenvalue weighted by atomic mass is 16.5. The van der Waals surface area contributed by atoms with Crippen molar-refractivity contribution in [3.63, 3.8) is 0 Å². The molecule has 0 spiro atoms. The van der Waals surface area contributed by atoms with E-state index in [1.165, 1.54) is 24.0 Å². The van der Waals surface area contributed by atoms with Crippen molar-refractivity contribution in [1.82, 2.24) is 15.2 Å². The monoisotopic (exact) mass is 337 g/mol. The van der Waals surface area contributed by atoms with Gasteiger partial charge >= 0.3 is 0 Å². The second-order valence-corrected chi connectivity index (χ2v) is 7.32. The Hall–Kier alpha value is -1.91. The highest BCUT2D eigenvalue weighted by Crippen LogP contribution is 2.35. The molecule has 3 heterocycles. The molecule has 1 fully saturated rings. The molecule has 4 heteroatoms. The molecule has 0 radical (unpaired) electrons. The van der Waals surface area contributed by atoms with Gasteiger partial charge < -0.3 is 10.1 Å². The van der Waals surface area contributed by atoms with Crippen molar-refractivity contribution >= 4 is 0 Å². The first-order valence-corrected chi connectivity index (χ1v) is 9.38. The highest BCUT2D eigenvalue weighted by Gasteiger charge is 2.30. The lowest BCUT2D eigenvalue weighted by molar-refractivity contribution is 0.179. The average Bonchev–Trinajstić information content (AvgIpc) is 3.08. The van der Waals surface area contributed by atoms with Crippen molar-refractivity contribution < 1.29 is 4.74 Å². The van der Waals surface area contributed by atoms with E-state index in [1.807, 2.05) is 12.4 Å². The molecule has 1 saturated heterocycles. The van der Waals surface area contributed by atoms with Crippen LogP contribution in [0.4, 0.5) is 0 Å². The third-order valence-electron chi connectivity index (χ3n) is 5.58. The van der Waals surface area contributed by atoms with Crippen molar-refractivity contribution in [3.05, 3.63) is 59.9 Å². The van der Waals surface area contributed by atoms with Gasteiger partial charge in [-0.05, 0) is 56.6 Å². The standard InChI is InChI=1S/C21H27N3O/c1-16(20-15-25-21-5-3-2-4-19(20)21)23-18-8-12-24(13-9-18)14-17-6-10-22-11-7-17/h2-7,10-11,16,18,20,23H,8-9,12-15H2,1H3. The first-order chi connectivity index (χ1) is 12.3. The number of fused-ring (bicyclic) bond motifs is 1. The number of pyridine rings is 1. The molecule has 0 amide bonds. The largest absolute Gasteiger partial charge is 0.493 e. The predicted molar refractivity (Wildman–Crippen MR) is 99.8 cm³/mol. The molecule has 0 aliphatic carbocycles. The highest BCUT2D eigenvalue weighted by molar-refractivity contribution is 5.40. The van der Waals surface area contributed by atoms with E-state index >= 15 is 0 Å². The van der Waals surface area contributed by atoms with Crippen molar-refractivity contribution in [2.75, 3.05) is 19.7 Å². The summed E-state index contributed by atoms with van der Waals surface area (Å²) < 4.78 is 5.85. The Morgan fingerprint density at radius 2 is 1.92 bits per heavy atom. The fourth-order valence-electron chi connectivity index (χ4n) is 4.09. The van der Waals surface area contributed by atoms with E-state index in [4.69, 9.17) is 4.74 Å². The van der Waals surface area contributed by atoms with E-state index in [1.54, 1.807) is 0 Å². The number of para-hydroxylation sites is 1. The Balaban J connectivity index is 1.27. The topological polar surface area (TPSA) is 37.4 Å². The zero-order valence-corrected chi connectivity index (χ0v) is 14.9. The molecule has 4 nitrogen and oxygen atoms in total. The number of nitrogens with zero attached hydrogens (tertiary/aromatic N) is 2. The smallest absolute Gasteiger partial charge is 0.122 e. The lowest BCUT2D eigenvalue weighted by atomic mass is 9.93. The zero-order valence-electron chi connectivity index (χ0n) is 14.9. The second-order valence-electron chi connectivity index (χ2n) is 7.32. The number of piperidine rings is 1. The van der Waals surface area contributed by atoms with Crippen molar-refractivity contribution in [2.24, 2.45) is 0 Å². The molecule has 1 N–H and O–H groups in total. The van der Waals surface area contributed by atoms with Gasteiger partial charge in [0.15, 0.2) is 0 Å². The second kappa shape index (κ2) is 7.54. The number of nitrogens with one attached hydrogen (secondary N) is 1. The normalized spacial score (nSPS) is 22.4. The van der Waals surface area contributed by atoms with Crippen LogP contribution in [0.3, 0.4) is 0 Å². The summed E-state index contributed by atoms with van der Waals surface area (Å²) >= 11 is 0. The molecule has 0 bridgehead atoms. The molecule has 2 aliphatic rings. The van der Waals surface area contributed by atoms with E-state index in [0.29, 0.717) is 18.0 Å². The Morgan fingerprint density at radius 1 is 1.16 bits per heavy atom. The lowest BCUT2D eigenvalue weighted by Crippen LogP contribution is -2.47. The summed E-state index contributed by atoms with van der Waals surface area (Å²) in [5.41, 5.74) is 2.71. The van der Waals surface area contributed by atoms with Gasteiger partial charge in [-0.15, -0.1) is 0 Å². The van der Waals surface area contributed by atoms with Crippen LogP contribution in [-0.4, -0.2) is 41.7 Å². The maximum absolute atomic E-state index is 5.85. The van der Waals surface area contributed by atoms with Gasteiger partial charge in [-0.3, -0.25) is 9.88 Å². The number of rotatable bonds is 5. The zero-order chi connectivity index (χ0) is 17.1. The molecular weight excluding hydrogens is 310 g/mol. The molecular formula is C21H27N3O. The van der Waals surface area contributed by atoms with E-state index in [0.717, 1.165) is 32.0 Å². The van der Waals surface area contributed by atoms with Crippen LogP contribution < -0.4 is 10.1 Å². The first kappa shape index (κ1) is 16.6. The van der Waals surface area contributed by atoms with Crippen molar-refractivity contribution in [3.8, 4) is 5.75 Å². The molecule has 1 aromatic heterocycles. The van der Waals surface area contributed by atoms with Crippen LogP contribution in [0.25, 0.3) is 0 Å². The van der Waals surface area contributed by atoms with Crippen molar-refractivity contribution in [2.45, 2.75) is 44.3 Å². The molecule has 132 valence electrons. The fourth-order valence-corrected chi connectivity index (χ4v) is 4.09. The number of ether oxygens (including phenoxy) is 1. The van der Waals surface area contributed by atoms with Crippen LogP contribution in [0.1, 0.15) is 36.8 Å². The Morgan fingerprint density at radius 3 is 2.72 bits per heavy atom. The minimum absolute atomic E-state index is 0.445. The average molecular weight is 337 g/mol. The molecule has 25 heavy (non-hydrogen) atoms. The summed E-state index contributed by atoms with van der Waals surface area (Å²) in [6.07, 6.45) is 6.19. The molecule has 2 atom stereocenters. The Bertz CT molecular complexity index is 683. The molecule has 2 aromatic rings.